The fraction of sp³-hybridized carbons (Fsp3) is 0.300. The van der Waals surface area contributed by atoms with Crippen LogP contribution in [0.2, 0.25) is 0 Å². The van der Waals surface area contributed by atoms with Crippen LogP contribution in [0.5, 0.6) is 5.75 Å². The minimum absolute atomic E-state index is 0.271. The largest absolute Gasteiger partial charge is 0.506 e. The number of aromatic hydroxyl groups is 1. The van der Waals surface area contributed by atoms with E-state index in [1.807, 2.05) is 16.7 Å². The number of fused-ring (bicyclic) bond motifs is 1. The maximum Gasteiger partial charge on any atom is 0.137 e. The van der Waals surface area contributed by atoms with Crippen LogP contribution in [0.4, 0.5) is 0 Å². The standard InChI is InChI=1S/C10H12N2O/c1-2-3-8-6-12-7-9(13)4-5-10(12)11-8/h4-7,13H,2-3H2,1H3. The van der Waals surface area contributed by atoms with Crippen molar-refractivity contribution in [3.8, 4) is 5.75 Å². The normalized spacial score (nSPS) is 10.8. The van der Waals surface area contributed by atoms with E-state index in [2.05, 4.69) is 11.9 Å². The summed E-state index contributed by atoms with van der Waals surface area (Å²) in [5.74, 6) is 0.271. The molecule has 0 radical (unpaired) electrons. The second-order valence-corrected chi connectivity index (χ2v) is 3.14. The highest BCUT2D eigenvalue weighted by Gasteiger charge is 2.00. The Morgan fingerprint density at radius 1 is 1.38 bits per heavy atom. The quantitative estimate of drug-likeness (QED) is 0.759. The first-order chi connectivity index (χ1) is 6.29. The molecule has 13 heavy (non-hydrogen) atoms. The lowest BCUT2D eigenvalue weighted by Crippen LogP contribution is -1.79. The van der Waals surface area contributed by atoms with Crippen LogP contribution in [0.1, 0.15) is 19.0 Å². The van der Waals surface area contributed by atoms with E-state index >= 15 is 0 Å². The topological polar surface area (TPSA) is 37.5 Å². The molecule has 0 aromatic carbocycles. The average Bonchev–Trinajstić information content (AvgIpc) is 2.46. The lowest BCUT2D eigenvalue weighted by Gasteiger charge is -1.92. The van der Waals surface area contributed by atoms with Gasteiger partial charge in [0.15, 0.2) is 0 Å². The summed E-state index contributed by atoms with van der Waals surface area (Å²) in [7, 11) is 0. The van der Waals surface area contributed by atoms with Gasteiger partial charge in [-0.25, -0.2) is 4.98 Å². The van der Waals surface area contributed by atoms with Gasteiger partial charge in [0.25, 0.3) is 0 Å². The van der Waals surface area contributed by atoms with Crippen LogP contribution >= 0.6 is 0 Å². The average molecular weight is 176 g/mol. The zero-order chi connectivity index (χ0) is 9.26. The van der Waals surface area contributed by atoms with Gasteiger partial charge in [-0.2, -0.15) is 0 Å². The number of hydrogen-bond acceptors (Lipinski definition) is 2. The van der Waals surface area contributed by atoms with Crippen LogP contribution in [-0.2, 0) is 6.42 Å². The lowest BCUT2D eigenvalue weighted by atomic mass is 10.3. The molecule has 2 aromatic heterocycles. The number of pyridine rings is 1. The summed E-state index contributed by atoms with van der Waals surface area (Å²) in [5.41, 5.74) is 1.97. The van der Waals surface area contributed by atoms with Crippen molar-refractivity contribution in [2.75, 3.05) is 0 Å². The molecule has 2 heterocycles. The fourth-order valence-corrected chi connectivity index (χ4v) is 1.41. The second-order valence-electron chi connectivity index (χ2n) is 3.14. The number of aryl methyl sites for hydroxylation is 1. The van der Waals surface area contributed by atoms with Crippen LogP contribution < -0.4 is 0 Å². The third-order valence-corrected chi connectivity index (χ3v) is 1.99. The summed E-state index contributed by atoms with van der Waals surface area (Å²) in [6.45, 7) is 2.13. The van der Waals surface area contributed by atoms with Crippen molar-refractivity contribution in [2.45, 2.75) is 19.8 Å². The monoisotopic (exact) mass is 176 g/mol. The van der Waals surface area contributed by atoms with Gasteiger partial charge in [0.2, 0.25) is 0 Å². The minimum atomic E-state index is 0.271. The summed E-state index contributed by atoms with van der Waals surface area (Å²) < 4.78 is 1.85. The van der Waals surface area contributed by atoms with Crippen molar-refractivity contribution in [3.63, 3.8) is 0 Å². The number of hydrogen-bond donors (Lipinski definition) is 1. The molecule has 0 saturated heterocycles. The van der Waals surface area contributed by atoms with E-state index < -0.39 is 0 Å². The van der Waals surface area contributed by atoms with Gasteiger partial charge >= 0.3 is 0 Å². The maximum atomic E-state index is 9.22. The van der Waals surface area contributed by atoms with E-state index in [0.29, 0.717) is 0 Å². The Hall–Kier alpha value is -1.51. The van der Waals surface area contributed by atoms with Crippen molar-refractivity contribution in [1.82, 2.24) is 9.38 Å². The SMILES string of the molecule is CCCc1cn2cc(O)ccc2n1. The zero-order valence-electron chi connectivity index (χ0n) is 7.57. The highest BCUT2D eigenvalue weighted by atomic mass is 16.3. The Kier molecular flexibility index (Phi) is 1.93. The molecule has 1 N–H and O–H groups in total. The molecule has 0 unspecified atom stereocenters. The molecule has 3 heteroatoms. The van der Waals surface area contributed by atoms with E-state index in [1.54, 1.807) is 12.3 Å². The Morgan fingerprint density at radius 3 is 3.00 bits per heavy atom. The summed E-state index contributed by atoms with van der Waals surface area (Å²) in [6.07, 6.45) is 5.71. The van der Waals surface area contributed by atoms with E-state index in [1.165, 1.54) is 0 Å². The molecular weight excluding hydrogens is 164 g/mol. The molecule has 0 bridgehead atoms. The number of imidazole rings is 1. The molecule has 68 valence electrons. The highest BCUT2D eigenvalue weighted by Crippen LogP contribution is 2.12. The molecule has 0 aliphatic heterocycles. The third kappa shape index (κ3) is 1.49. The Balaban J connectivity index is 2.49. The predicted octanol–water partition coefficient (Wildman–Crippen LogP) is 1.99. The molecule has 0 atom stereocenters. The number of nitrogens with zero attached hydrogens (tertiary/aromatic N) is 2. The highest BCUT2D eigenvalue weighted by molar-refractivity contribution is 5.42. The summed E-state index contributed by atoms with van der Waals surface area (Å²) >= 11 is 0. The molecule has 0 aliphatic carbocycles. The van der Waals surface area contributed by atoms with Gasteiger partial charge in [0.1, 0.15) is 11.4 Å². The predicted molar refractivity (Wildman–Crippen MR) is 50.9 cm³/mol. The smallest absolute Gasteiger partial charge is 0.137 e. The van der Waals surface area contributed by atoms with E-state index in [-0.39, 0.29) is 5.75 Å². The number of rotatable bonds is 2. The van der Waals surface area contributed by atoms with Crippen molar-refractivity contribution >= 4 is 5.65 Å². The molecule has 0 saturated carbocycles. The summed E-state index contributed by atoms with van der Waals surface area (Å²) in [4.78, 5) is 4.40. The molecule has 0 spiro atoms. The Bertz CT molecular complexity index is 420. The molecule has 0 amide bonds. The first-order valence-electron chi connectivity index (χ1n) is 4.46. The third-order valence-electron chi connectivity index (χ3n) is 1.99. The van der Waals surface area contributed by atoms with Gasteiger partial charge in [-0.05, 0) is 18.6 Å². The van der Waals surface area contributed by atoms with E-state index in [9.17, 15) is 5.11 Å². The maximum absolute atomic E-state index is 9.22. The van der Waals surface area contributed by atoms with Gasteiger partial charge in [-0.15, -0.1) is 0 Å². The van der Waals surface area contributed by atoms with Crippen molar-refractivity contribution < 1.29 is 5.11 Å². The van der Waals surface area contributed by atoms with Crippen LogP contribution in [0.3, 0.4) is 0 Å². The van der Waals surface area contributed by atoms with Crippen LogP contribution in [0, 0.1) is 0 Å². The van der Waals surface area contributed by atoms with Crippen molar-refractivity contribution in [3.05, 3.63) is 30.2 Å². The van der Waals surface area contributed by atoms with Gasteiger partial charge in [0.05, 0.1) is 11.9 Å². The van der Waals surface area contributed by atoms with Crippen LogP contribution in [0.25, 0.3) is 5.65 Å². The van der Waals surface area contributed by atoms with Crippen molar-refractivity contribution in [2.24, 2.45) is 0 Å². The van der Waals surface area contributed by atoms with E-state index in [4.69, 9.17) is 0 Å². The van der Waals surface area contributed by atoms with Gasteiger partial charge in [0, 0.05) is 6.20 Å². The molecule has 0 fully saturated rings. The van der Waals surface area contributed by atoms with Crippen molar-refractivity contribution in [1.29, 1.82) is 0 Å². The molecular formula is C10H12N2O. The van der Waals surface area contributed by atoms with E-state index in [0.717, 1.165) is 24.2 Å². The first-order valence-corrected chi connectivity index (χ1v) is 4.46. The second kappa shape index (κ2) is 3.09. The summed E-state index contributed by atoms with van der Waals surface area (Å²) in [5, 5.41) is 9.22. The Labute approximate surface area is 76.7 Å². The summed E-state index contributed by atoms with van der Waals surface area (Å²) in [6, 6.07) is 3.46. The van der Waals surface area contributed by atoms with Gasteiger partial charge < -0.3 is 9.51 Å². The minimum Gasteiger partial charge on any atom is -0.506 e. The Morgan fingerprint density at radius 2 is 2.23 bits per heavy atom. The number of aromatic nitrogens is 2. The first kappa shape index (κ1) is 8.10. The van der Waals surface area contributed by atoms with Crippen LogP contribution in [-0.4, -0.2) is 14.5 Å². The van der Waals surface area contributed by atoms with Gasteiger partial charge in [-0.1, -0.05) is 13.3 Å². The molecule has 2 aromatic rings. The fourth-order valence-electron chi connectivity index (χ4n) is 1.41. The lowest BCUT2D eigenvalue weighted by molar-refractivity contribution is 0.472. The molecule has 2 rings (SSSR count). The molecule has 0 aliphatic rings. The van der Waals surface area contributed by atoms with Gasteiger partial charge in [-0.3, -0.25) is 0 Å². The van der Waals surface area contributed by atoms with Crippen LogP contribution in [0.15, 0.2) is 24.5 Å². The zero-order valence-corrected chi connectivity index (χ0v) is 7.57. The molecule has 3 nitrogen and oxygen atoms in total.